The molecule has 0 spiro atoms. The molecule has 18 heavy (non-hydrogen) atoms. The number of methoxy groups -OCH3 is 1. The number of ether oxygens (including phenoxy) is 1. The largest absolute Gasteiger partial charge is 0.496 e. The summed E-state index contributed by atoms with van der Waals surface area (Å²) < 4.78 is 6.43. The zero-order valence-corrected chi connectivity index (χ0v) is 13.0. The minimum Gasteiger partial charge on any atom is -0.496 e. The molecule has 0 aliphatic rings. The van der Waals surface area contributed by atoms with Crippen LogP contribution in [0.1, 0.15) is 16.5 Å². The Morgan fingerprint density at radius 2 is 2.22 bits per heavy atom. The molecule has 1 unspecified atom stereocenters. The monoisotopic (exact) mass is 345 g/mol. The summed E-state index contributed by atoms with van der Waals surface area (Å²) in [6.45, 7) is 0. The van der Waals surface area contributed by atoms with Crippen molar-refractivity contribution in [2.45, 2.75) is 12.5 Å². The quantitative estimate of drug-likeness (QED) is 0.889. The lowest BCUT2D eigenvalue weighted by atomic mass is 10.0. The molecule has 0 aliphatic heterocycles. The minimum absolute atomic E-state index is 0.104. The highest BCUT2D eigenvalue weighted by Crippen LogP contribution is 2.32. The Morgan fingerprint density at radius 1 is 1.44 bits per heavy atom. The van der Waals surface area contributed by atoms with E-state index in [1.54, 1.807) is 24.5 Å². The van der Waals surface area contributed by atoms with Crippen molar-refractivity contribution in [1.29, 1.82) is 0 Å². The molecule has 1 aromatic heterocycles. The Bertz CT molecular complexity index is 544. The van der Waals surface area contributed by atoms with Crippen LogP contribution in [-0.2, 0) is 6.42 Å². The van der Waals surface area contributed by atoms with Crippen molar-refractivity contribution in [1.82, 2.24) is 0 Å². The van der Waals surface area contributed by atoms with Crippen molar-refractivity contribution in [2.75, 3.05) is 7.11 Å². The molecular formula is C13H13BrClNOS. The molecule has 2 rings (SSSR count). The van der Waals surface area contributed by atoms with E-state index < -0.39 is 0 Å². The first-order valence-corrected chi connectivity index (χ1v) is 7.47. The zero-order chi connectivity index (χ0) is 13.1. The Balaban J connectivity index is 2.23. The van der Waals surface area contributed by atoms with Gasteiger partial charge in [-0.1, -0.05) is 17.7 Å². The predicted octanol–water partition coefficient (Wildman–Crippen LogP) is 4.42. The fourth-order valence-electron chi connectivity index (χ4n) is 1.77. The van der Waals surface area contributed by atoms with Crippen molar-refractivity contribution in [3.8, 4) is 5.75 Å². The van der Waals surface area contributed by atoms with E-state index in [1.807, 2.05) is 23.6 Å². The molecular weight excluding hydrogens is 334 g/mol. The molecule has 1 heterocycles. The van der Waals surface area contributed by atoms with Gasteiger partial charge < -0.3 is 10.5 Å². The van der Waals surface area contributed by atoms with Crippen LogP contribution in [0.5, 0.6) is 5.75 Å². The summed E-state index contributed by atoms with van der Waals surface area (Å²) in [6.07, 6.45) is 0.774. The van der Waals surface area contributed by atoms with Crippen molar-refractivity contribution < 1.29 is 4.74 Å². The summed E-state index contributed by atoms with van der Waals surface area (Å²) in [7, 11) is 1.63. The Labute approximate surface area is 124 Å². The first-order chi connectivity index (χ1) is 8.61. The molecule has 96 valence electrons. The lowest BCUT2D eigenvalue weighted by molar-refractivity contribution is 0.405. The third-order valence-electron chi connectivity index (χ3n) is 2.69. The first kappa shape index (κ1) is 13.9. The van der Waals surface area contributed by atoms with E-state index in [1.165, 1.54) is 4.88 Å². The second-order valence-corrected chi connectivity index (χ2v) is 6.18. The number of halogens is 2. The van der Waals surface area contributed by atoms with E-state index >= 15 is 0 Å². The molecule has 0 radical (unpaired) electrons. The molecule has 2 aromatic rings. The lowest BCUT2D eigenvalue weighted by Gasteiger charge is -2.15. The molecule has 0 amide bonds. The van der Waals surface area contributed by atoms with Gasteiger partial charge in [0.1, 0.15) is 5.75 Å². The lowest BCUT2D eigenvalue weighted by Crippen LogP contribution is -2.14. The Kier molecular flexibility index (Phi) is 4.67. The normalized spacial score (nSPS) is 12.4. The van der Waals surface area contributed by atoms with E-state index in [0.29, 0.717) is 5.02 Å². The van der Waals surface area contributed by atoms with Gasteiger partial charge in [0.25, 0.3) is 0 Å². The molecule has 5 heteroatoms. The summed E-state index contributed by atoms with van der Waals surface area (Å²) in [4.78, 5) is 1.24. The molecule has 1 aromatic carbocycles. The number of rotatable bonds is 4. The summed E-state index contributed by atoms with van der Waals surface area (Å²) in [5.74, 6) is 0.739. The van der Waals surface area contributed by atoms with Gasteiger partial charge in [0.2, 0.25) is 0 Å². The molecule has 2 nitrogen and oxygen atoms in total. The van der Waals surface area contributed by atoms with Crippen molar-refractivity contribution in [3.05, 3.63) is 49.6 Å². The fourth-order valence-corrected chi connectivity index (χ4v) is 3.51. The molecule has 0 bridgehead atoms. The maximum Gasteiger partial charge on any atom is 0.125 e. The summed E-state index contributed by atoms with van der Waals surface area (Å²) in [6, 6.07) is 7.48. The molecule has 0 aliphatic carbocycles. The SMILES string of the molecule is COc1cc(Cl)ccc1C(N)Cc1sccc1Br. The van der Waals surface area contributed by atoms with E-state index in [0.717, 1.165) is 22.2 Å². The minimum atomic E-state index is -0.104. The first-order valence-electron chi connectivity index (χ1n) is 5.42. The summed E-state index contributed by atoms with van der Waals surface area (Å²) >= 11 is 11.2. The topological polar surface area (TPSA) is 35.2 Å². The van der Waals surface area contributed by atoms with Gasteiger partial charge in [-0.2, -0.15) is 0 Å². The second kappa shape index (κ2) is 6.06. The van der Waals surface area contributed by atoms with Crippen LogP contribution < -0.4 is 10.5 Å². The van der Waals surface area contributed by atoms with Crippen LogP contribution in [0.25, 0.3) is 0 Å². The number of benzene rings is 1. The fraction of sp³-hybridized carbons (Fsp3) is 0.231. The molecule has 0 saturated carbocycles. The van der Waals surface area contributed by atoms with Gasteiger partial charge in [-0.15, -0.1) is 11.3 Å². The summed E-state index contributed by atoms with van der Waals surface area (Å²) in [5, 5.41) is 2.70. The van der Waals surface area contributed by atoms with E-state index in [4.69, 9.17) is 22.1 Å². The molecule has 0 fully saturated rings. The van der Waals surface area contributed by atoms with Gasteiger partial charge >= 0.3 is 0 Å². The van der Waals surface area contributed by atoms with Gasteiger partial charge in [-0.3, -0.25) is 0 Å². The van der Waals surface area contributed by atoms with Crippen LogP contribution >= 0.6 is 38.9 Å². The number of nitrogens with two attached hydrogens (primary N) is 1. The smallest absolute Gasteiger partial charge is 0.125 e. The van der Waals surface area contributed by atoms with E-state index in [-0.39, 0.29) is 6.04 Å². The average Bonchev–Trinajstić information content (AvgIpc) is 2.74. The molecule has 2 N–H and O–H groups in total. The van der Waals surface area contributed by atoms with Crippen LogP contribution in [0.2, 0.25) is 5.02 Å². The highest BCUT2D eigenvalue weighted by molar-refractivity contribution is 9.10. The maximum atomic E-state index is 6.24. The van der Waals surface area contributed by atoms with Crippen LogP contribution in [-0.4, -0.2) is 7.11 Å². The highest BCUT2D eigenvalue weighted by Gasteiger charge is 2.15. The van der Waals surface area contributed by atoms with Crippen molar-refractivity contribution >= 4 is 38.9 Å². The average molecular weight is 347 g/mol. The van der Waals surface area contributed by atoms with Crippen LogP contribution in [0.15, 0.2) is 34.1 Å². The van der Waals surface area contributed by atoms with Crippen LogP contribution in [0, 0.1) is 0 Å². The number of thiophene rings is 1. The van der Waals surface area contributed by atoms with Gasteiger partial charge in [-0.05, 0) is 39.5 Å². The van der Waals surface area contributed by atoms with Crippen LogP contribution in [0.3, 0.4) is 0 Å². The van der Waals surface area contributed by atoms with Crippen molar-refractivity contribution in [3.63, 3.8) is 0 Å². The predicted molar refractivity (Wildman–Crippen MR) is 80.7 cm³/mol. The Morgan fingerprint density at radius 3 is 2.83 bits per heavy atom. The second-order valence-electron chi connectivity index (χ2n) is 3.89. The standard InChI is InChI=1S/C13H13BrClNOS/c1-17-12-6-8(15)2-3-9(12)11(16)7-13-10(14)4-5-18-13/h2-6,11H,7,16H2,1H3. The van der Waals surface area contributed by atoms with Gasteiger partial charge in [0.15, 0.2) is 0 Å². The van der Waals surface area contributed by atoms with E-state index in [9.17, 15) is 0 Å². The maximum absolute atomic E-state index is 6.24. The number of hydrogen-bond donors (Lipinski definition) is 1. The molecule has 1 atom stereocenters. The van der Waals surface area contributed by atoms with Crippen LogP contribution in [0.4, 0.5) is 0 Å². The number of hydrogen-bond acceptors (Lipinski definition) is 3. The third-order valence-corrected chi connectivity index (χ3v) is 4.88. The van der Waals surface area contributed by atoms with Gasteiger partial charge in [0, 0.05) is 32.4 Å². The van der Waals surface area contributed by atoms with Gasteiger partial charge in [-0.25, -0.2) is 0 Å². The third kappa shape index (κ3) is 3.06. The Hall–Kier alpha value is -0.550. The zero-order valence-electron chi connectivity index (χ0n) is 9.82. The summed E-state index contributed by atoms with van der Waals surface area (Å²) in [5.41, 5.74) is 7.22. The highest BCUT2D eigenvalue weighted by atomic mass is 79.9. The molecule has 0 saturated heterocycles. The van der Waals surface area contributed by atoms with Crippen molar-refractivity contribution in [2.24, 2.45) is 5.73 Å². The van der Waals surface area contributed by atoms with E-state index in [2.05, 4.69) is 15.9 Å². The van der Waals surface area contributed by atoms with Gasteiger partial charge in [0.05, 0.1) is 7.11 Å².